The molecule has 3 rings (SSSR count). The van der Waals surface area contributed by atoms with Gasteiger partial charge in [-0.15, -0.1) is 0 Å². The maximum absolute atomic E-state index is 9.69. The van der Waals surface area contributed by atoms with Crippen molar-refractivity contribution in [2.75, 3.05) is 0 Å². The molecule has 1 aromatic carbocycles. The Morgan fingerprint density at radius 3 is 2.74 bits per heavy atom. The van der Waals surface area contributed by atoms with Crippen LogP contribution in [0.25, 0.3) is 21.8 Å². The van der Waals surface area contributed by atoms with Crippen LogP contribution in [0.1, 0.15) is 12.6 Å². The number of H-pyrrole nitrogens is 1. The fourth-order valence-electron chi connectivity index (χ4n) is 2.25. The molecule has 0 unspecified atom stereocenters. The zero-order valence-electron chi connectivity index (χ0n) is 10.5. The number of allylic oxidation sites excluding steroid dienone is 2. The van der Waals surface area contributed by atoms with Gasteiger partial charge in [-0.05, 0) is 19.1 Å². The number of para-hydroxylation sites is 1. The summed E-state index contributed by atoms with van der Waals surface area (Å²) in [4.78, 5) is 7.60. The number of nitrogens with zero attached hydrogens (tertiary/aromatic N) is 1. The average molecular weight is 254 g/mol. The van der Waals surface area contributed by atoms with Crippen molar-refractivity contribution in [3.63, 3.8) is 0 Å². The van der Waals surface area contributed by atoms with Crippen molar-refractivity contribution in [2.24, 2.45) is 0 Å². The molecule has 4 nitrogen and oxygen atoms in total. The van der Waals surface area contributed by atoms with Gasteiger partial charge in [0.25, 0.3) is 0 Å². The van der Waals surface area contributed by atoms with Crippen molar-refractivity contribution in [3.8, 4) is 0 Å². The van der Waals surface area contributed by atoms with Crippen molar-refractivity contribution in [1.29, 1.82) is 0 Å². The summed E-state index contributed by atoms with van der Waals surface area (Å²) in [5.41, 5.74) is 2.66. The van der Waals surface area contributed by atoms with E-state index in [-0.39, 0.29) is 17.9 Å². The molecule has 0 saturated heterocycles. The highest BCUT2D eigenvalue weighted by atomic mass is 16.3. The maximum atomic E-state index is 9.69. The van der Waals surface area contributed by atoms with Crippen molar-refractivity contribution < 1.29 is 10.2 Å². The molecular weight excluding hydrogens is 240 g/mol. The Hall–Kier alpha value is -2.49. The Morgan fingerprint density at radius 1 is 1.16 bits per heavy atom. The molecule has 96 valence electrons. The predicted molar refractivity (Wildman–Crippen MR) is 75.3 cm³/mol. The van der Waals surface area contributed by atoms with Crippen molar-refractivity contribution in [3.05, 3.63) is 53.7 Å². The van der Waals surface area contributed by atoms with Crippen LogP contribution in [0, 0.1) is 0 Å². The van der Waals surface area contributed by atoms with E-state index in [4.69, 9.17) is 0 Å². The molecule has 0 fully saturated rings. The number of aliphatic hydroxyl groups excluding tert-OH is 2. The zero-order valence-corrected chi connectivity index (χ0v) is 10.5. The first-order valence-corrected chi connectivity index (χ1v) is 6.09. The minimum Gasteiger partial charge on any atom is -0.509 e. The summed E-state index contributed by atoms with van der Waals surface area (Å²) in [6.45, 7) is 1.46. The lowest BCUT2D eigenvalue weighted by Gasteiger charge is -2.02. The third-order valence-electron chi connectivity index (χ3n) is 3.26. The highest BCUT2D eigenvalue weighted by molar-refractivity contribution is 6.07. The molecular formula is C15H14N2O2. The zero-order chi connectivity index (χ0) is 13.4. The molecule has 0 atom stereocenters. The molecule has 2 heterocycles. The molecule has 0 saturated carbocycles. The van der Waals surface area contributed by atoms with Gasteiger partial charge in [-0.2, -0.15) is 0 Å². The second-order valence-corrected chi connectivity index (χ2v) is 4.56. The van der Waals surface area contributed by atoms with Crippen LogP contribution in [0.5, 0.6) is 0 Å². The van der Waals surface area contributed by atoms with Gasteiger partial charge in [0.1, 0.15) is 11.5 Å². The van der Waals surface area contributed by atoms with E-state index in [1.807, 2.05) is 30.3 Å². The number of aromatic amines is 1. The number of nitrogens with one attached hydrogen (secondary N) is 1. The number of benzene rings is 1. The summed E-state index contributed by atoms with van der Waals surface area (Å²) < 4.78 is 0. The fourth-order valence-corrected chi connectivity index (χ4v) is 2.25. The van der Waals surface area contributed by atoms with Gasteiger partial charge in [0.05, 0.1) is 17.6 Å². The highest BCUT2D eigenvalue weighted by Crippen LogP contribution is 2.27. The molecule has 0 aliphatic rings. The third kappa shape index (κ3) is 1.91. The van der Waals surface area contributed by atoms with Crippen molar-refractivity contribution >= 4 is 21.8 Å². The molecule has 4 heteroatoms. The lowest BCUT2D eigenvalue weighted by molar-refractivity contribution is 0.318. The molecule has 0 bridgehead atoms. The quantitative estimate of drug-likeness (QED) is 0.612. The van der Waals surface area contributed by atoms with Gasteiger partial charge in [0, 0.05) is 22.5 Å². The maximum Gasteiger partial charge on any atom is 0.135 e. The number of aliphatic hydroxyl groups is 2. The summed E-state index contributed by atoms with van der Waals surface area (Å²) in [6.07, 6.45) is 1.93. The molecule has 3 aromatic rings. The molecule has 0 amide bonds. The van der Waals surface area contributed by atoms with E-state index in [0.717, 1.165) is 27.5 Å². The van der Waals surface area contributed by atoms with E-state index in [1.54, 1.807) is 6.20 Å². The predicted octanol–water partition coefficient (Wildman–Crippen LogP) is 3.61. The van der Waals surface area contributed by atoms with Gasteiger partial charge < -0.3 is 15.2 Å². The minimum absolute atomic E-state index is 0.0568. The number of rotatable bonds is 2. The SMILES string of the molecule is C/C(O)=C(\O)Cc1nccc2c1[nH]c1ccccc12. The van der Waals surface area contributed by atoms with Crippen LogP contribution in [0.15, 0.2) is 48.0 Å². The molecule has 2 aromatic heterocycles. The van der Waals surface area contributed by atoms with Crippen LogP contribution in [0.2, 0.25) is 0 Å². The van der Waals surface area contributed by atoms with E-state index in [9.17, 15) is 10.2 Å². The van der Waals surface area contributed by atoms with Gasteiger partial charge in [-0.1, -0.05) is 18.2 Å². The summed E-state index contributed by atoms with van der Waals surface area (Å²) in [5.74, 6) is -0.131. The Morgan fingerprint density at radius 2 is 1.95 bits per heavy atom. The number of aromatic nitrogens is 2. The first-order chi connectivity index (χ1) is 9.16. The molecule has 0 spiro atoms. The van der Waals surface area contributed by atoms with Crippen LogP contribution in [-0.4, -0.2) is 20.2 Å². The van der Waals surface area contributed by atoms with E-state index in [2.05, 4.69) is 9.97 Å². The first kappa shape index (κ1) is 11.6. The highest BCUT2D eigenvalue weighted by Gasteiger charge is 2.11. The lowest BCUT2D eigenvalue weighted by Crippen LogP contribution is -1.97. The van der Waals surface area contributed by atoms with Crippen LogP contribution in [0.4, 0.5) is 0 Å². The molecule has 19 heavy (non-hydrogen) atoms. The lowest BCUT2D eigenvalue weighted by atomic mass is 10.1. The smallest absolute Gasteiger partial charge is 0.135 e. The minimum atomic E-state index is -0.0742. The van der Waals surface area contributed by atoms with Crippen molar-refractivity contribution in [1.82, 2.24) is 9.97 Å². The number of hydrogen-bond donors (Lipinski definition) is 3. The van der Waals surface area contributed by atoms with E-state index in [0.29, 0.717) is 0 Å². The van der Waals surface area contributed by atoms with Gasteiger partial charge >= 0.3 is 0 Å². The second kappa shape index (κ2) is 4.31. The van der Waals surface area contributed by atoms with Crippen LogP contribution in [0.3, 0.4) is 0 Å². The summed E-state index contributed by atoms with van der Waals surface area (Å²) in [6, 6.07) is 9.96. The molecule has 0 radical (unpaired) electrons. The standard InChI is InChI=1S/C15H14N2O2/c1-9(18)14(19)8-13-15-11(6-7-16-13)10-4-2-3-5-12(10)17-15/h2-7,17-19H,8H2,1H3/b14-9+. The third-order valence-corrected chi connectivity index (χ3v) is 3.26. The first-order valence-electron chi connectivity index (χ1n) is 6.09. The monoisotopic (exact) mass is 254 g/mol. The Kier molecular flexibility index (Phi) is 2.63. The van der Waals surface area contributed by atoms with Gasteiger partial charge in [0.15, 0.2) is 0 Å². The normalized spacial score (nSPS) is 12.9. The van der Waals surface area contributed by atoms with Crippen LogP contribution in [-0.2, 0) is 6.42 Å². The van der Waals surface area contributed by atoms with E-state index in [1.165, 1.54) is 6.92 Å². The van der Waals surface area contributed by atoms with E-state index >= 15 is 0 Å². The molecule has 3 N–H and O–H groups in total. The van der Waals surface area contributed by atoms with Crippen LogP contribution < -0.4 is 0 Å². The van der Waals surface area contributed by atoms with Gasteiger partial charge in [-0.3, -0.25) is 4.98 Å². The number of pyridine rings is 1. The topological polar surface area (TPSA) is 69.1 Å². The number of fused-ring (bicyclic) bond motifs is 3. The molecule has 0 aliphatic carbocycles. The Balaban J connectivity index is 2.24. The summed E-state index contributed by atoms with van der Waals surface area (Å²) >= 11 is 0. The van der Waals surface area contributed by atoms with E-state index < -0.39 is 0 Å². The van der Waals surface area contributed by atoms with Gasteiger partial charge in [0.2, 0.25) is 0 Å². The number of hydrogen-bond acceptors (Lipinski definition) is 3. The summed E-state index contributed by atoms with van der Waals surface area (Å²) in [7, 11) is 0. The second-order valence-electron chi connectivity index (χ2n) is 4.56. The Bertz CT molecular complexity index is 783. The average Bonchev–Trinajstić information content (AvgIpc) is 2.78. The van der Waals surface area contributed by atoms with Crippen molar-refractivity contribution in [2.45, 2.75) is 13.3 Å². The Labute approximate surface area is 110 Å². The van der Waals surface area contributed by atoms with Crippen LogP contribution >= 0.6 is 0 Å². The van der Waals surface area contributed by atoms with Gasteiger partial charge in [-0.25, -0.2) is 0 Å². The fraction of sp³-hybridized carbons (Fsp3) is 0.133. The summed E-state index contributed by atoms with van der Waals surface area (Å²) in [5, 5.41) is 21.2. The molecule has 0 aliphatic heterocycles. The largest absolute Gasteiger partial charge is 0.509 e.